The Morgan fingerprint density at radius 2 is 1.65 bits per heavy atom. The Bertz CT molecular complexity index is 1670. The van der Waals surface area contributed by atoms with Crippen LogP contribution in [0.3, 0.4) is 0 Å². The van der Waals surface area contributed by atoms with Crippen LogP contribution in [0.2, 0.25) is 5.02 Å². The van der Waals surface area contributed by atoms with E-state index in [0.717, 1.165) is 11.0 Å². The number of nitrogens with one attached hydrogen (secondary N) is 1. The van der Waals surface area contributed by atoms with Gasteiger partial charge in [-0.3, -0.25) is 0 Å². The first kappa shape index (κ1) is 33.2. The van der Waals surface area contributed by atoms with Crippen molar-refractivity contribution in [3.05, 3.63) is 108 Å². The number of carbonyl (C=O) groups is 2. The molecule has 0 unspecified atom stereocenters. The van der Waals surface area contributed by atoms with E-state index in [0.29, 0.717) is 46.7 Å². The third kappa shape index (κ3) is 8.59. The van der Waals surface area contributed by atoms with Crippen LogP contribution < -0.4 is 10.1 Å². The predicted molar refractivity (Wildman–Crippen MR) is 168 cm³/mol. The molecule has 5 aromatic rings. The van der Waals surface area contributed by atoms with E-state index in [4.69, 9.17) is 30.9 Å². The number of anilines is 2. The fourth-order valence-corrected chi connectivity index (χ4v) is 4.24. The minimum Gasteiger partial charge on any atom is -0.478 e. The van der Waals surface area contributed by atoms with Crippen molar-refractivity contribution in [1.82, 2.24) is 14.5 Å². The van der Waals surface area contributed by atoms with E-state index in [1.165, 1.54) is 18.5 Å². The first-order valence-electron chi connectivity index (χ1n) is 12.7. The highest BCUT2D eigenvalue weighted by atomic mass is 35.5. The topological polar surface area (TPSA) is 125 Å². The van der Waals surface area contributed by atoms with Gasteiger partial charge in [0.15, 0.2) is 5.82 Å². The molecule has 13 heteroatoms. The summed E-state index contributed by atoms with van der Waals surface area (Å²) in [4.78, 5) is 31.8. The van der Waals surface area contributed by atoms with Gasteiger partial charge in [0.05, 0.1) is 34.9 Å². The minimum atomic E-state index is -1.01. The van der Waals surface area contributed by atoms with Gasteiger partial charge in [-0.2, -0.15) is 0 Å². The van der Waals surface area contributed by atoms with Crippen LogP contribution in [0.4, 0.5) is 11.5 Å². The van der Waals surface area contributed by atoms with Crippen LogP contribution in [0, 0.1) is 0 Å². The molecule has 0 saturated heterocycles. The number of hydrogen-bond donors (Lipinski definition) is 2. The van der Waals surface area contributed by atoms with E-state index < -0.39 is 5.97 Å². The highest BCUT2D eigenvalue weighted by molar-refractivity contribution is 6.32. The summed E-state index contributed by atoms with van der Waals surface area (Å²) in [5.41, 5.74) is 2.91. The van der Waals surface area contributed by atoms with Crippen molar-refractivity contribution in [1.29, 1.82) is 0 Å². The van der Waals surface area contributed by atoms with Gasteiger partial charge in [0.2, 0.25) is 0 Å². The molecule has 0 atom stereocenters. The second-order valence-corrected chi connectivity index (χ2v) is 9.19. The molecule has 0 bridgehead atoms. The van der Waals surface area contributed by atoms with Gasteiger partial charge in [0.1, 0.15) is 29.9 Å². The van der Waals surface area contributed by atoms with Gasteiger partial charge >= 0.3 is 11.9 Å². The number of esters is 1. The number of carboxylic acid groups (broad SMARTS) is 1. The zero-order valence-electron chi connectivity index (χ0n) is 22.5. The molecule has 2 aromatic heterocycles. The Balaban J connectivity index is 0.00000253. The fourth-order valence-electron chi connectivity index (χ4n) is 4.02. The molecule has 10 nitrogen and oxygen atoms in total. The molecule has 0 saturated carbocycles. The van der Waals surface area contributed by atoms with E-state index in [2.05, 4.69) is 15.3 Å². The van der Waals surface area contributed by atoms with E-state index in [1.807, 2.05) is 22.9 Å². The first-order chi connectivity index (χ1) is 20.0. The summed E-state index contributed by atoms with van der Waals surface area (Å²) in [5, 5.41) is 12.7. The van der Waals surface area contributed by atoms with Crippen molar-refractivity contribution < 1.29 is 28.9 Å². The lowest BCUT2D eigenvalue weighted by Gasteiger charge is -2.13. The third-order valence-corrected chi connectivity index (χ3v) is 6.32. The molecular formula is C30H27Cl3N4O6. The number of aromatic carboxylic acids is 1. The van der Waals surface area contributed by atoms with Gasteiger partial charge < -0.3 is 29.2 Å². The second-order valence-electron chi connectivity index (χ2n) is 8.78. The van der Waals surface area contributed by atoms with Crippen molar-refractivity contribution in [2.75, 3.05) is 25.1 Å². The zero-order valence-corrected chi connectivity index (χ0v) is 24.9. The summed E-state index contributed by atoms with van der Waals surface area (Å²) < 4.78 is 18.7. The van der Waals surface area contributed by atoms with Gasteiger partial charge in [-0.1, -0.05) is 29.8 Å². The molecule has 2 N–H and O–H groups in total. The third-order valence-electron chi connectivity index (χ3n) is 6.02. The van der Waals surface area contributed by atoms with Crippen LogP contribution in [0.25, 0.3) is 11.0 Å². The Labute approximate surface area is 264 Å². The molecule has 0 fully saturated rings. The Morgan fingerprint density at radius 3 is 2.37 bits per heavy atom. The molecule has 43 heavy (non-hydrogen) atoms. The van der Waals surface area contributed by atoms with E-state index >= 15 is 0 Å². The molecule has 0 aliphatic rings. The number of nitrogens with zero attached hydrogens (tertiary/aromatic N) is 3. The van der Waals surface area contributed by atoms with Gasteiger partial charge in [0, 0.05) is 18.4 Å². The quantitative estimate of drug-likeness (QED) is 0.109. The average Bonchev–Trinajstić information content (AvgIpc) is 3.41. The lowest BCUT2D eigenvalue weighted by molar-refractivity contribution is 0.0307. The van der Waals surface area contributed by atoms with Crippen molar-refractivity contribution in [2.45, 2.75) is 6.54 Å². The summed E-state index contributed by atoms with van der Waals surface area (Å²) in [7, 11) is 0. The monoisotopic (exact) mass is 644 g/mol. The Morgan fingerprint density at radius 1 is 0.884 bits per heavy atom. The maximum Gasteiger partial charge on any atom is 0.338 e. The standard InChI is InChI=1S/C30H25ClN4O6.2ClH/c31-24-18-22(8-11-26(24)41-23-9-6-20(7-10-23)29(36)37)34-28-27-25(32-19-33-28)12-13-35(27)14-15-39-16-17-40-30(38)21-4-2-1-3-5-21;;/h1-13,18-19H,14-17H2,(H,36,37)(H,32,33,34);2*1H. The van der Waals surface area contributed by atoms with Gasteiger partial charge in [0.25, 0.3) is 0 Å². The normalized spacial score (nSPS) is 10.3. The number of halogens is 3. The molecule has 5 rings (SSSR count). The SMILES string of the molecule is Cl.Cl.O=C(O)c1ccc(Oc2ccc(Nc3ncnc4ccn(CCOCCOC(=O)c5ccccc5)c34)cc2Cl)cc1. The number of carboxylic acids is 1. The Kier molecular flexibility index (Phi) is 12.2. The molecule has 224 valence electrons. The highest BCUT2D eigenvalue weighted by Crippen LogP contribution is 2.33. The van der Waals surface area contributed by atoms with Gasteiger partial charge in [-0.25, -0.2) is 19.6 Å². The molecule has 3 aromatic carbocycles. The summed E-state index contributed by atoms with van der Waals surface area (Å²) in [6.45, 7) is 1.36. The van der Waals surface area contributed by atoms with Crippen LogP contribution in [-0.4, -0.2) is 51.4 Å². The summed E-state index contributed by atoms with van der Waals surface area (Å²) in [6.07, 6.45) is 3.38. The number of ether oxygens (including phenoxy) is 3. The number of aromatic nitrogens is 3. The van der Waals surface area contributed by atoms with Crippen LogP contribution in [0.1, 0.15) is 20.7 Å². The highest BCUT2D eigenvalue weighted by Gasteiger charge is 2.12. The maximum atomic E-state index is 12.0. The molecular weight excluding hydrogens is 619 g/mol. The Hall–Kier alpha value is -4.35. The predicted octanol–water partition coefficient (Wildman–Crippen LogP) is 7.04. The largest absolute Gasteiger partial charge is 0.478 e. The van der Waals surface area contributed by atoms with Crippen molar-refractivity contribution >= 4 is 70.9 Å². The number of carbonyl (C=O) groups excluding carboxylic acids is 1. The molecule has 0 amide bonds. The smallest absolute Gasteiger partial charge is 0.338 e. The van der Waals surface area contributed by atoms with Crippen LogP contribution in [0.5, 0.6) is 11.5 Å². The molecule has 2 heterocycles. The first-order valence-corrected chi connectivity index (χ1v) is 13.0. The minimum absolute atomic E-state index is 0. The van der Waals surface area contributed by atoms with E-state index in [9.17, 15) is 9.59 Å². The second kappa shape index (κ2) is 15.8. The van der Waals surface area contributed by atoms with Crippen molar-refractivity contribution in [2.24, 2.45) is 0 Å². The number of hydrogen-bond acceptors (Lipinski definition) is 8. The average molecular weight is 646 g/mol. The van der Waals surface area contributed by atoms with E-state index in [-0.39, 0.29) is 49.6 Å². The van der Waals surface area contributed by atoms with Crippen LogP contribution in [-0.2, 0) is 16.0 Å². The van der Waals surface area contributed by atoms with Crippen molar-refractivity contribution in [3.8, 4) is 11.5 Å². The van der Waals surface area contributed by atoms with Gasteiger partial charge in [-0.05, 0) is 60.7 Å². The lowest BCUT2D eigenvalue weighted by atomic mass is 10.2. The fraction of sp³-hybridized carbons (Fsp3) is 0.133. The van der Waals surface area contributed by atoms with Crippen LogP contribution in [0.15, 0.2) is 91.4 Å². The summed E-state index contributed by atoms with van der Waals surface area (Å²) >= 11 is 6.48. The maximum absolute atomic E-state index is 12.0. The molecule has 0 spiro atoms. The molecule has 0 aliphatic heterocycles. The summed E-state index contributed by atoms with van der Waals surface area (Å²) in [5.74, 6) is 0.0790. The summed E-state index contributed by atoms with van der Waals surface area (Å²) in [6, 6.07) is 22.0. The zero-order chi connectivity index (χ0) is 28.6. The number of rotatable bonds is 12. The van der Waals surface area contributed by atoms with E-state index in [1.54, 1.807) is 54.6 Å². The van der Waals surface area contributed by atoms with Gasteiger partial charge in [-0.15, -0.1) is 24.8 Å². The molecule has 0 aliphatic carbocycles. The number of benzene rings is 3. The van der Waals surface area contributed by atoms with Crippen molar-refractivity contribution in [3.63, 3.8) is 0 Å². The lowest BCUT2D eigenvalue weighted by Crippen LogP contribution is -2.13. The van der Waals surface area contributed by atoms with Crippen LogP contribution >= 0.6 is 36.4 Å². The molecule has 0 radical (unpaired) electrons. The number of fused-ring (bicyclic) bond motifs is 1.